The summed E-state index contributed by atoms with van der Waals surface area (Å²) in [5.74, 6) is -0.0602. The number of nitro benzene ring substituents is 1. The molecule has 0 amide bonds. The van der Waals surface area contributed by atoms with Crippen LogP contribution in [0.2, 0.25) is 0 Å². The van der Waals surface area contributed by atoms with Gasteiger partial charge in [0, 0.05) is 17.7 Å². The summed E-state index contributed by atoms with van der Waals surface area (Å²) >= 11 is 0. The van der Waals surface area contributed by atoms with Gasteiger partial charge in [0.2, 0.25) is 5.78 Å². The van der Waals surface area contributed by atoms with Crippen LogP contribution >= 0.6 is 0 Å². The van der Waals surface area contributed by atoms with Crippen LogP contribution in [0.1, 0.15) is 17.3 Å². The van der Waals surface area contributed by atoms with Gasteiger partial charge in [-0.3, -0.25) is 14.9 Å². The molecule has 94 valence electrons. The van der Waals surface area contributed by atoms with E-state index in [1.165, 1.54) is 24.3 Å². The van der Waals surface area contributed by atoms with Crippen molar-refractivity contribution < 1.29 is 15.0 Å². The summed E-state index contributed by atoms with van der Waals surface area (Å²) < 4.78 is 0. The Balaban J connectivity index is 2.54. The predicted molar refractivity (Wildman–Crippen MR) is 68.2 cm³/mol. The van der Waals surface area contributed by atoms with Gasteiger partial charge in [-0.05, 0) is 25.1 Å². The topological polar surface area (TPSA) is 76.8 Å². The zero-order valence-corrected chi connectivity index (χ0v) is 10.1. The molecule has 0 aliphatic heterocycles. The van der Waals surface area contributed by atoms with E-state index in [-0.39, 0.29) is 18.0 Å². The summed E-state index contributed by atoms with van der Waals surface area (Å²) in [6, 6.07) is 5.62. The highest BCUT2D eigenvalue weighted by Crippen LogP contribution is 2.11. The third kappa shape index (κ3) is 4.31. The summed E-state index contributed by atoms with van der Waals surface area (Å²) in [6.07, 6.45) is 7.39. The van der Waals surface area contributed by atoms with E-state index in [2.05, 4.69) is 0 Å². The lowest BCUT2D eigenvalue weighted by Crippen LogP contribution is -2.79. The Morgan fingerprint density at radius 2 is 2.00 bits per heavy atom. The molecule has 0 atom stereocenters. The standard InChI is InChI=1S/C13H14N2O3/c1-2-3-4-9-14-10-13(16)11-5-7-12(8-6-11)15(17)18/h2-9,14H,10H2,1H3/p+1/b3-2-,9-4-. The van der Waals surface area contributed by atoms with Crippen LogP contribution in [0, 0.1) is 10.1 Å². The van der Waals surface area contributed by atoms with Gasteiger partial charge in [0.05, 0.1) is 11.1 Å². The first-order valence-corrected chi connectivity index (χ1v) is 5.54. The highest BCUT2D eigenvalue weighted by Gasteiger charge is 2.09. The number of non-ortho nitro benzene ring substituents is 1. The third-order valence-electron chi connectivity index (χ3n) is 2.25. The molecule has 0 aliphatic carbocycles. The number of quaternary nitrogens is 1. The number of hydrogen-bond donors (Lipinski definition) is 1. The second kappa shape index (κ2) is 7.13. The number of nitrogens with zero attached hydrogens (tertiary/aromatic N) is 1. The van der Waals surface area contributed by atoms with Crippen molar-refractivity contribution in [2.75, 3.05) is 6.54 Å². The molecule has 0 aliphatic rings. The van der Waals surface area contributed by atoms with Gasteiger partial charge in [-0.15, -0.1) is 0 Å². The minimum absolute atomic E-state index is 0.0106. The van der Waals surface area contributed by atoms with Crippen LogP contribution in [0.15, 0.2) is 48.7 Å². The van der Waals surface area contributed by atoms with Gasteiger partial charge < -0.3 is 5.32 Å². The largest absolute Gasteiger partial charge is 0.314 e. The van der Waals surface area contributed by atoms with Gasteiger partial charge in [-0.2, -0.15) is 0 Å². The van der Waals surface area contributed by atoms with Crippen molar-refractivity contribution in [1.82, 2.24) is 0 Å². The Bertz CT molecular complexity index is 476. The van der Waals surface area contributed by atoms with E-state index in [9.17, 15) is 14.9 Å². The van der Waals surface area contributed by atoms with Gasteiger partial charge in [-0.1, -0.05) is 12.2 Å². The summed E-state index contributed by atoms with van der Waals surface area (Å²) in [5, 5.41) is 12.2. The molecule has 0 saturated heterocycles. The maximum atomic E-state index is 11.7. The lowest BCUT2D eigenvalue weighted by Gasteiger charge is -1.97. The Labute approximate surface area is 105 Å². The Kier molecular flexibility index (Phi) is 5.47. The molecule has 18 heavy (non-hydrogen) atoms. The van der Waals surface area contributed by atoms with Crippen molar-refractivity contribution in [1.29, 1.82) is 0 Å². The molecule has 0 saturated carbocycles. The monoisotopic (exact) mass is 247 g/mol. The van der Waals surface area contributed by atoms with E-state index in [1.54, 1.807) is 11.5 Å². The number of carbonyl (C=O) groups excluding carboxylic acids is 1. The molecule has 1 rings (SSSR count). The first-order chi connectivity index (χ1) is 8.65. The first kappa shape index (κ1) is 13.8. The van der Waals surface area contributed by atoms with Gasteiger partial charge in [0.1, 0.15) is 6.54 Å². The number of rotatable bonds is 6. The predicted octanol–water partition coefficient (Wildman–Crippen LogP) is 1.43. The van der Waals surface area contributed by atoms with E-state index in [1.807, 2.05) is 25.2 Å². The number of nitrogens with two attached hydrogens (primary N) is 1. The molecule has 5 nitrogen and oxygen atoms in total. The molecule has 2 N–H and O–H groups in total. The zero-order chi connectivity index (χ0) is 13.4. The number of nitro groups is 1. The van der Waals surface area contributed by atoms with E-state index >= 15 is 0 Å². The number of allylic oxidation sites excluding steroid dienone is 3. The fourth-order valence-corrected chi connectivity index (χ4v) is 1.32. The van der Waals surface area contributed by atoms with E-state index < -0.39 is 4.92 Å². The summed E-state index contributed by atoms with van der Waals surface area (Å²) in [6.45, 7) is 2.19. The molecule has 0 spiro atoms. The van der Waals surface area contributed by atoms with Crippen molar-refractivity contribution in [3.05, 3.63) is 64.4 Å². The molecule has 0 aromatic heterocycles. The molecule has 0 fully saturated rings. The van der Waals surface area contributed by atoms with Gasteiger partial charge in [-0.25, -0.2) is 0 Å². The molecule has 0 heterocycles. The van der Waals surface area contributed by atoms with Crippen LogP contribution < -0.4 is 5.32 Å². The summed E-state index contributed by atoms with van der Waals surface area (Å²) in [5.41, 5.74) is 0.472. The van der Waals surface area contributed by atoms with Crippen molar-refractivity contribution in [2.24, 2.45) is 0 Å². The fraction of sp³-hybridized carbons (Fsp3) is 0.154. The highest BCUT2D eigenvalue weighted by atomic mass is 16.6. The number of Topliss-reactive ketones (excluding diaryl/α,β-unsaturated/α-hetero) is 1. The average molecular weight is 247 g/mol. The second-order valence-corrected chi connectivity index (χ2v) is 3.58. The molecule has 5 heteroatoms. The van der Waals surface area contributed by atoms with E-state index in [0.29, 0.717) is 5.56 Å². The van der Waals surface area contributed by atoms with Crippen LogP contribution in [0.4, 0.5) is 5.69 Å². The smallest absolute Gasteiger partial charge is 0.269 e. The SMILES string of the molecule is C/C=C\C=C/[NH2+]CC(=O)c1ccc([N+](=O)[O-])cc1. The van der Waals surface area contributed by atoms with Gasteiger partial charge in [0.15, 0.2) is 0 Å². The molecule has 1 aromatic rings. The number of carbonyl (C=O) groups is 1. The second-order valence-electron chi connectivity index (χ2n) is 3.58. The minimum atomic E-state index is -0.486. The quantitative estimate of drug-likeness (QED) is 0.357. The average Bonchev–Trinajstić information content (AvgIpc) is 2.38. The fourth-order valence-electron chi connectivity index (χ4n) is 1.32. The molecule has 1 aromatic carbocycles. The van der Waals surface area contributed by atoms with Gasteiger partial charge >= 0.3 is 0 Å². The minimum Gasteiger partial charge on any atom is -0.314 e. The van der Waals surface area contributed by atoms with E-state index in [4.69, 9.17) is 0 Å². The molecular weight excluding hydrogens is 232 g/mol. The van der Waals surface area contributed by atoms with Crippen molar-refractivity contribution in [2.45, 2.75) is 6.92 Å². The number of benzene rings is 1. The van der Waals surface area contributed by atoms with E-state index in [0.717, 1.165) is 0 Å². The first-order valence-electron chi connectivity index (χ1n) is 5.54. The summed E-state index contributed by atoms with van der Waals surface area (Å²) in [4.78, 5) is 21.7. The Morgan fingerprint density at radius 1 is 1.33 bits per heavy atom. The Morgan fingerprint density at radius 3 is 2.56 bits per heavy atom. The maximum Gasteiger partial charge on any atom is 0.269 e. The normalized spacial score (nSPS) is 11.2. The van der Waals surface area contributed by atoms with Crippen LogP contribution in [0.25, 0.3) is 0 Å². The molecule has 0 bridgehead atoms. The van der Waals surface area contributed by atoms with Crippen LogP contribution in [0.3, 0.4) is 0 Å². The van der Waals surface area contributed by atoms with Crippen LogP contribution in [0.5, 0.6) is 0 Å². The van der Waals surface area contributed by atoms with Crippen LogP contribution in [-0.4, -0.2) is 17.3 Å². The number of hydrogen-bond acceptors (Lipinski definition) is 3. The van der Waals surface area contributed by atoms with Crippen LogP contribution in [-0.2, 0) is 0 Å². The highest BCUT2D eigenvalue weighted by molar-refractivity contribution is 5.96. The molecular formula is C13H15N2O3+. The Hall–Kier alpha value is -2.27. The summed E-state index contributed by atoms with van der Waals surface area (Å²) in [7, 11) is 0. The molecule has 0 unspecified atom stereocenters. The number of ketones is 1. The third-order valence-corrected chi connectivity index (χ3v) is 2.25. The van der Waals surface area contributed by atoms with Crippen molar-refractivity contribution >= 4 is 11.5 Å². The lowest BCUT2D eigenvalue weighted by atomic mass is 10.1. The lowest BCUT2D eigenvalue weighted by molar-refractivity contribution is -0.574. The maximum absolute atomic E-state index is 11.7. The van der Waals surface area contributed by atoms with Gasteiger partial charge in [0.25, 0.3) is 5.69 Å². The van der Waals surface area contributed by atoms with Crippen molar-refractivity contribution in [3.8, 4) is 0 Å². The van der Waals surface area contributed by atoms with Crippen molar-refractivity contribution in [3.63, 3.8) is 0 Å². The molecule has 0 radical (unpaired) electrons. The zero-order valence-electron chi connectivity index (χ0n) is 10.1.